The van der Waals surface area contributed by atoms with Crippen LogP contribution in [0.5, 0.6) is 5.75 Å². The maximum atomic E-state index is 13.3. The zero-order chi connectivity index (χ0) is 19.9. The highest BCUT2D eigenvalue weighted by molar-refractivity contribution is 5.89. The predicted octanol–water partition coefficient (Wildman–Crippen LogP) is 3.59. The lowest BCUT2D eigenvalue weighted by molar-refractivity contribution is -0.297. The Morgan fingerprint density at radius 3 is 2.39 bits per heavy atom. The Morgan fingerprint density at radius 1 is 1.04 bits per heavy atom. The number of ether oxygens (including phenoxy) is 1. The van der Waals surface area contributed by atoms with Gasteiger partial charge >= 0.3 is 0 Å². The van der Waals surface area contributed by atoms with Gasteiger partial charge < -0.3 is 4.74 Å². The van der Waals surface area contributed by atoms with Gasteiger partial charge in [-0.15, -0.1) is 0 Å². The molecule has 0 amide bonds. The average molecular weight is 387 g/mol. The molecule has 1 fully saturated rings. The van der Waals surface area contributed by atoms with Crippen LogP contribution in [0.1, 0.15) is 24.0 Å². The molecule has 2 aromatic rings. The van der Waals surface area contributed by atoms with Crippen LogP contribution in [-0.4, -0.2) is 44.1 Å². The minimum absolute atomic E-state index is 0.109. The van der Waals surface area contributed by atoms with E-state index < -0.39 is 0 Å². The molecule has 28 heavy (non-hydrogen) atoms. The van der Waals surface area contributed by atoms with Crippen molar-refractivity contribution in [2.45, 2.75) is 19.4 Å². The molecule has 0 N–H and O–H groups in total. The van der Waals surface area contributed by atoms with E-state index in [1.165, 1.54) is 12.1 Å². The van der Waals surface area contributed by atoms with E-state index in [9.17, 15) is 9.18 Å². The zero-order valence-electron chi connectivity index (χ0n) is 16.3. The zero-order valence-corrected chi connectivity index (χ0v) is 16.3. The van der Waals surface area contributed by atoms with Crippen molar-refractivity contribution < 1.29 is 23.7 Å². The van der Waals surface area contributed by atoms with Gasteiger partial charge in [0.25, 0.3) is 0 Å². The maximum absolute atomic E-state index is 13.3. The third-order valence-corrected chi connectivity index (χ3v) is 4.97. The van der Waals surface area contributed by atoms with Crippen molar-refractivity contribution in [2.75, 3.05) is 33.4 Å². The van der Waals surface area contributed by atoms with Crippen molar-refractivity contribution in [3.8, 4) is 5.75 Å². The SMILES string of the molecule is CCOOCC1CN(Cc2ccc(OC)cc2)CC(c2ccc(F)cc2)C1=O. The quantitative estimate of drug-likeness (QED) is 0.394. The van der Waals surface area contributed by atoms with E-state index in [0.29, 0.717) is 26.2 Å². The van der Waals surface area contributed by atoms with E-state index in [2.05, 4.69) is 4.90 Å². The average Bonchev–Trinajstić information content (AvgIpc) is 2.71. The second-order valence-corrected chi connectivity index (χ2v) is 6.94. The molecule has 0 aliphatic carbocycles. The summed E-state index contributed by atoms with van der Waals surface area (Å²) in [5, 5.41) is 0. The number of nitrogens with zero attached hydrogens (tertiary/aromatic N) is 1. The second-order valence-electron chi connectivity index (χ2n) is 6.94. The molecule has 0 radical (unpaired) electrons. The van der Waals surface area contributed by atoms with Crippen molar-refractivity contribution in [3.63, 3.8) is 0 Å². The smallest absolute Gasteiger partial charge is 0.148 e. The second kappa shape index (κ2) is 9.78. The van der Waals surface area contributed by atoms with Crippen molar-refractivity contribution in [1.82, 2.24) is 4.90 Å². The van der Waals surface area contributed by atoms with Gasteiger partial charge in [0.15, 0.2) is 0 Å². The highest BCUT2D eigenvalue weighted by Crippen LogP contribution is 2.29. The molecule has 2 atom stereocenters. The van der Waals surface area contributed by atoms with E-state index in [0.717, 1.165) is 16.9 Å². The molecule has 2 aromatic carbocycles. The Kier molecular flexibility index (Phi) is 7.14. The highest BCUT2D eigenvalue weighted by atomic mass is 19.1. The Bertz CT molecular complexity index is 763. The Balaban J connectivity index is 1.76. The molecule has 1 aliphatic rings. The molecule has 1 heterocycles. The van der Waals surface area contributed by atoms with Gasteiger partial charge in [0, 0.05) is 19.6 Å². The number of carbonyl (C=O) groups excluding carboxylic acids is 1. The van der Waals surface area contributed by atoms with Crippen molar-refractivity contribution in [2.24, 2.45) is 5.92 Å². The van der Waals surface area contributed by atoms with Crippen LogP contribution in [0.15, 0.2) is 48.5 Å². The number of Topliss-reactive ketones (excluding diaryl/α,β-unsaturated/α-hetero) is 1. The minimum atomic E-state index is -0.317. The first-order valence-corrected chi connectivity index (χ1v) is 9.49. The van der Waals surface area contributed by atoms with Gasteiger partial charge in [-0.25, -0.2) is 14.2 Å². The van der Waals surface area contributed by atoms with Crippen molar-refractivity contribution >= 4 is 5.78 Å². The number of rotatable bonds is 8. The van der Waals surface area contributed by atoms with Crippen molar-refractivity contribution in [1.29, 1.82) is 0 Å². The van der Waals surface area contributed by atoms with Crippen LogP contribution < -0.4 is 4.74 Å². The summed E-state index contributed by atoms with van der Waals surface area (Å²) in [6.07, 6.45) is 0. The van der Waals surface area contributed by atoms with Crippen LogP contribution in [-0.2, 0) is 21.1 Å². The molecule has 3 rings (SSSR count). The van der Waals surface area contributed by atoms with Gasteiger partial charge in [0.05, 0.1) is 32.2 Å². The number of halogens is 1. The lowest BCUT2D eigenvalue weighted by atomic mass is 9.83. The molecule has 5 nitrogen and oxygen atoms in total. The summed E-state index contributed by atoms with van der Waals surface area (Å²) < 4.78 is 18.5. The standard InChI is InChI=1S/C22H26FNO4/c1-3-27-28-15-18-13-24(12-16-4-10-20(26-2)11-5-16)14-21(22(18)25)17-6-8-19(23)9-7-17/h4-11,18,21H,3,12-15H2,1-2H3. The summed E-state index contributed by atoms with van der Waals surface area (Å²) in [6, 6.07) is 14.1. The molecule has 2 unspecified atom stereocenters. The molecule has 6 heteroatoms. The summed E-state index contributed by atoms with van der Waals surface area (Å²) >= 11 is 0. The predicted molar refractivity (Wildman–Crippen MR) is 103 cm³/mol. The number of ketones is 1. The van der Waals surface area contributed by atoms with Crippen LogP contribution >= 0.6 is 0 Å². The van der Waals surface area contributed by atoms with Gasteiger partial charge in [0.1, 0.15) is 17.3 Å². The minimum Gasteiger partial charge on any atom is -0.497 e. The van der Waals surface area contributed by atoms with Crippen molar-refractivity contribution in [3.05, 3.63) is 65.5 Å². The first kappa shape index (κ1) is 20.5. The molecular weight excluding hydrogens is 361 g/mol. The summed E-state index contributed by atoms with van der Waals surface area (Å²) in [5.41, 5.74) is 1.96. The van der Waals surface area contributed by atoms with Crippen LogP contribution in [0.2, 0.25) is 0 Å². The van der Waals surface area contributed by atoms with Crippen LogP contribution in [0, 0.1) is 11.7 Å². The number of hydrogen-bond donors (Lipinski definition) is 0. The number of piperidine rings is 1. The molecule has 150 valence electrons. The molecular formula is C22H26FNO4. The lowest BCUT2D eigenvalue weighted by Crippen LogP contribution is -2.46. The monoisotopic (exact) mass is 387 g/mol. The van der Waals surface area contributed by atoms with Gasteiger partial charge in [0.2, 0.25) is 0 Å². The van der Waals surface area contributed by atoms with E-state index in [-0.39, 0.29) is 30.0 Å². The highest BCUT2D eigenvalue weighted by Gasteiger charge is 2.36. The fourth-order valence-electron chi connectivity index (χ4n) is 3.54. The van der Waals surface area contributed by atoms with E-state index >= 15 is 0 Å². The fourth-order valence-corrected chi connectivity index (χ4v) is 3.54. The summed E-state index contributed by atoms with van der Waals surface area (Å²) in [7, 11) is 1.64. The molecule has 0 aromatic heterocycles. The van der Waals surface area contributed by atoms with E-state index in [4.69, 9.17) is 14.5 Å². The van der Waals surface area contributed by atoms with Gasteiger partial charge in [-0.2, -0.15) is 0 Å². The summed E-state index contributed by atoms with van der Waals surface area (Å²) in [4.78, 5) is 25.4. The van der Waals surface area contributed by atoms with Crippen LogP contribution in [0.25, 0.3) is 0 Å². The van der Waals surface area contributed by atoms with Gasteiger partial charge in [-0.3, -0.25) is 9.69 Å². The first-order valence-electron chi connectivity index (χ1n) is 9.49. The van der Waals surface area contributed by atoms with Crippen LogP contribution in [0.3, 0.4) is 0 Å². The largest absolute Gasteiger partial charge is 0.497 e. The lowest BCUT2D eigenvalue weighted by Gasteiger charge is -2.36. The number of likely N-dealkylation sites (tertiary alicyclic amines) is 1. The number of benzene rings is 2. The Hall–Kier alpha value is -2.28. The molecule has 0 bridgehead atoms. The van der Waals surface area contributed by atoms with Crippen LogP contribution in [0.4, 0.5) is 4.39 Å². The third-order valence-electron chi connectivity index (χ3n) is 4.97. The topological polar surface area (TPSA) is 48.0 Å². The molecule has 0 spiro atoms. The summed E-state index contributed by atoms with van der Waals surface area (Å²) in [5.74, 6) is -0.00297. The Labute approximate surface area is 164 Å². The fraction of sp³-hybridized carbons (Fsp3) is 0.409. The number of carbonyl (C=O) groups is 1. The molecule has 1 saturated heterocycles. The first-order chi connectivity index (χ1) is 13.6. The number of methoxy groups -OCH3 is 1. The summed E-state index contributed by atoms with van der Waals surface area (Å²) in [6.45, 7) is 4.36. The third kappa shape index (κ3) is 5.16. The Morgan fingerprint density at radius 2 is 1.75 bits per heavy atom. The molecule has 0 saturated carbocycles. The van der Waals surface area contributed by atoms with E-state index in [1.54, 1.807) is 19.2 Å². The van der Waals surface area contributed by atoms with E-state index in [1.807, 2.05) is 31.2 Å². The molecule has 1 aliphatic heterocycles. The number of hydrogen-bond acceptors (Lipinski definition) is 5. The van der Waals surface area contributed by atoms with Gasteiger partial charge in [-0.05, 0) is 42.3 Å². The maximum Gasteiger partial charge on any atom is 0.148 e. The van der Waals surface area contributed by atoms with Gasteiger partial charge in [-0.1, -0.05) is 24.3 Å². The normalized spacial score (nSPS) is 20.3.